The first-order chi connectivity index (χ1) is 15.7. The molecule has 0 fully saturated rings. The number of aromatic nitrogens is 1. The highest BCUT2D eigenvalue weighted by Crippen LogP contribution is 2.31. The highest BCUT2D eigenvalue weighted by atomic mass is 16.5. The minimum atomic E-state index is 0.789. The molecule has 0 aliphatic carbocycles. The molecule has 4 heteroatoms. The maximum absolute atomic E-state index is 6.21. The van der Waals surface area contributed by atoms with Gasteiger partial charge in [-0.1, -0.05) is 42.5 Å². The molecule has 0 spiro atoms. The Bertz CT molecular complexity index is 1280. The second kappa shape index (κ2) is 8.60. The lowest BCUT2D eigenvalue weighted by Gasteiger charge is -2.19. The second-order valence-electron chi connectivity index (χ2n) is 8.04. The molecule has 1 aliphatic heterocycles. The maximum atomic E-state index is 6.21. The first-order valence-electron chi connectivity index (χ1n) is 10.7. The summed E-state index contributed by atoms with van der Waals surface area (Å²) in [5, 5.41) is 0. The van der Waals surface area contributed by atoms with Crippen LogP contribution in [0.25, 0.3) is 22.4 Å². The van der Waals surface area contributed by atoms with Crippen LogP contribution in [0.3, 0.4) is 0 Å². The van der Waals surface area contributed by atoms with Gasteiger partial charge >= 0.3 is 0 Å². The molecular formula is C28H25N3O. The van der Waals surface area contributed by atoms with E-state index in [0.29, 0.717) is 0 Å². The third-order valence-electron chi connectivity index (χ3n) is 5.61. The zero-order valence-corrected chi connectivity index (χ0v) is 18.3. The van der Waals surface area contributed by atoms with Crippen LogP contribution in [0.15, 0.2) is 104 Å². The molecule has 0 saturated carbocycles. The summed E-state index contributed by atoms with van der Waals surface area (Å²) in [6, 6.07) is 28.9. The van der Waals surface area contributed by atoms with E-state index in [0.717, 1.165) is 40.7 Å². The summed E-state index contributed by atoms with van der Waals surface area (Å²) in [7, 11) is 2.06. The van der Waals surface area contributed by atoms with Crippen molar-refractivity contribution in [3.63, 3.8) is 0 Å². The van der Waals surface area contributed by atoms with Gasteiger partial charge in [0.2, 0.25) is 0 Å². The molecule has 2 heterocycles. The average molecular weight is 420 g/mol. The summed E-state index contributed by atoms with van der Waals surface area (Å²) in [6.45, 7) is 2.97. The van der Waals surface area contributed by atoms with Gasteiger partial charge in [-0.2, -0.15) is 0 Å². The molecule has 3 aromatic carbocycles. The minimum Gasteiger partial charge on any atom is -0.457 e. The van der Waals surface area contributed by atoms with E-state index in [1.54, 1.807) is 0 Å². The van der Waals surface area contributed by atoms with Crippen molar-refractivity contribution in [1.82, 2.24) is 9.88 Å². The van der Waals surface area contributed by atoms with Crippen LogP contribution in [0.2, 0.25) is 0 Å². The molecular weight excluding hydrogens is 394 g/mol. The fraction of sp³-hybridized carbons (Fsp3) is 0.107. The molecule has 0 atom stereocenters. The van der Waals surface area contributed by atoms with Crippen molar-refractivity contribution >= 4 is 5.69 Å². The summed E-state index contributed by atoms with van der Waals surface area (Å²) in [4.78, 5) is 8.93. The van der Waals surface area contributed by atoms with Gasteiger partial charge in [0, 0.05) is 43.0 Å². The van der Waals surface area contributed by atoms with Crippen molar-refractivity contribution < 1.29 is 4.74 Å². The topological polar surface area (TPSA) is 28.6 Å². The van der Waals surface area contributed by atoms with Crippen molar-refractivity contribution in [2.45, 2.75) is 6.92 Å². The number of hydrogen-bond donors (Lipinski definition) is 0. The van der Waals surface area contributed by atoms with Crippen molar-refractivity contribution in [2.24, 2.45) is 0 Å². The van der Waals surface area contributed by atoms with Crippen molar-refractivity contribution in [3.8, 4) is 33.9 Å². The predicted octanol–water partition coefficient (Wildman–Crippen LogP) is 6.70. The summed E-state index contributed by atoms with van der Waals surface area (Å²) >= 11 is 0. The molecule has 1 aromatic heterocycles. The smallest absolute Gasteiger partial charge is 0.129 e. The van der Waals surface area contributed by atoms with E-state index in [4.69, 9.17) is 4.74 Å². The average Bonchev–Trinajstić information content (AvgIpc) is 3.26. The zero-order valence-electron chi connectivity index (χ0n) is 18.3. The number of rotatable bonds is 5. The fourth-order valence-corrected chi connectivity index (χ4v) is 3.93. The van der Waals surface area contributed by atoms with Gasteiger partial charge in [-0.15, -0.1) is 0 Å². The molecule has 0 radical (unpaired) electrons. The Morgan fingerprint density at radius 3 is 2.41 bits per heavy atom. The molecule has 4 aromatic rings. The standard InChI is InChI=1S/C28H25N3O/c1-21-7-3-4-12-27(21)22-13-14-29-28(18-22)23-8-5-10-25(17-23)32-26-11-6-9-24(19-26)31-16-15-30(2)20-31/h3-19H,20H2,1-2H3. The number of anilines is 1. The third kappa shape index (κ3) is 4.21. The van der Waals surface area contributed by atoms with Gasteiger partial charge in [-0.3, -0.25) is 4.98 Å². The van der Waals surface area contributed by atoms with Gasteiger partial charge in [0.1, 0.15) is 11.5 Å². The van der Waals surface area contributed by atoms with Crippen LogP contribution in [-0.4, -0.2) is 23.6 Å². The summed E-state index contributed by atoms with van der Waals surface area (Å²) in [5.74, 6) is 1.60. The molecule has 0 unspecified atom stereocenters. The Kier molecular flexibility index (Phi) is 5.34. The summed E-state index contributed by atoms with van der Waals surface area (Å²) in [5.41, 5.74) is 6.69. The van der Waals surface area contributed by atoms with Crippen LogP contribution in [0.5, 0.6) is 11.5 Å². The lowest BCUT2D eigenvalue weighted by Crippen LogP contribution is -2.21. The van der Waals surface area contributed by atoms with Gasteiger partial charge < -0.3 is 14.5 Å². The van der Waals surface area contributed by atoms with Crippen LogP contribution >= 0.6 is 0 Å². The Morgan fingerprint density at radius 2 is 1.59 bits per heavy atom. The molecule has 1 aliphatic rings. The van der Waals surface area contributed by atoms with Crippen molar-refractivity contribution in [3.05, 3.63) is 109 Å². The van der Waals surface area contributed by atoms with Gasteiger partial charge in [0.05, 0.1) is 12.4 Å². The van der Waals surface area contributed by atoms with Gasteiger partial charge in [-0.05, 0) is 60.0 Å². The molecule has 158 valence electrons. The summed E-state index contributed by atoms with van der Waals surface area (Å²) < 4.78 is 6.21. The highest BCUT2D eigenvalue weighted by molar-refractivity contribution is 5.72. The molecule has 32 heavy (non-hydrogen) atoms. The minimum absolute atomic E-state index is 0.789. The van der Waals surface area contributed by atoms with Crippen molar-refractivity contribution in [1.29, 1.82) is 0 Å². The van der Waals surface area contributed by atoms with Crippen LogP contribution < -0.4 is 9.64 Å². The molecule has 4 nitrogen and oxygen atoms in total. The number of hydrogen-bond acceptors (Lipinski definition) is 4. The van der Waals surface area contributed by atoms with E-state index in [-0.39, 0.29) is 0 Å². The molecule has 0 amide bonds. The fourth-order valence-electron chi connectivity index (χ4n) is 3.93. The Balaban J connectivity index is 1.40. The maximum Gasteiger partial charge on any atom is 0.129 e. The molecule has 5 rings (SSSR count). The first kappa shape index (κ1) is 19.9. The Morgan fingerprint density at radius 1 is 0.781 bits per heavy atom. The number of benzene rings is 3. The molecule has 0 N–H and O–H groups in total. The van der Waals surface area contributed by atoms with E-state index in [9.17, 15) is 0 Å². The van der Waals surface area contributed by atoms with E-state index < -0.39 is 0 Å². The van der Waals surface area contributed by atoms with E-state index in [1.165, 1.54) is 11.1 Å². The van der Waals surface area contributed by atoms with E-state index in [1.807, 2.05) is 36.5 Å². The van der Waals surface area contributed by atoms with Crippen LogP contribution in [-0.2, 0) is 0 Å². The van der Waals surface area contributed by atoms with E-state index in [2.05, 4.69) is 95.8 Å². The van der Waals surface area contributed by atoms with Gasteiger partial charge in [0.15, 0.2) is 0 Å². The Hall–Kier alpha value is -4.05. The van der Waals surface area contributed by atoms with Crippen LogP contribution in [0.1, 0.15) is 5.56 Å². The number of nitrogens with zero attached hydrogens (tertiary/aromatic N) is 3. The van der Waals surface area contributed by atoms with Crippen molar-refractivity contribution in [2.75, 3.05) is 18.6 Å². The number of ether oxygens (including phenoxy) is 1. The number of aryl methyl sites for hydroxylation is 1. The zero-order chi connectivity index (χ0) is 21.9. The normalized spacial score (nSPS) is 12.9. The summed E-state index contributed by atoms with van der Waals surface area (Å²) in [6.07, 6.45) is 6.01. The SMILES string of the molecule is Cc1ccccc1-c1ccnc(-c2cccc(Oc3cccc(N4C=CN(C)C4)c3)c2)c1. The quantitative estimate of drug-likeness (QED) is 0.360. The Labute approximate surface area is 189 Å². The second-order valence-corrected chi connectivity index (χ2v) is 8.04. The predicted molar refractivity (Wildman–Crippen MR) is 131 cm³/mol. The largest absolute Gasteiger partial charge is 0.457 e. The first-order valence-corrected chi connectivity index (χ1v) is 10.7. The highest BCUT2D eigenvalue weighted by Gasteiger charge is 2.12. The number of pyridine rings is 1. The van der Waals surface area contributed by atoms with Crippen LogP contribution in [0.4, 0.5) is 5.69 Å². The van der Waals surface area contributed by atoms with Crippen LogP contribution in [0, 0.1) is 6.92 Å². The van der Waals surface area contributed by atoms with Gasteiger partial charge in [-0.25, -0.2) is 0 Å². The third-order valence-corrected chi connectivity index (χ3v) is 5.61. The monoisotopic (exact) mass is 419 g/mol. The van der Waals surface area contributed by atoms with Gasteiger partial charge in [0.25, 0.3) is 0 Å². The molecule has 0 saturated heterocycles. The van der Waals surface area contributed by atoms with E-state index >= 15 is 0 Å². The molecule has 0 bridgehead atoms. The lowest BCUT2D eigenvalue weighted by atomic mass is 9.99. The lowest BCUT2D eigenvalue weighted by molar-refractivity contribution is 0.481.